The standard InChI is InChI=1S/C38H42N2O7S/c1-45-36(43)34(21-26-7-3-2-4-8-26)40-38(44)39-23-31-9-5-6-10-33(31)28-15-17-30(18-16-28)37-46-32(25-48-20-19-41)22-35(47-37)29-13-11-27(24-42)12-14-29/h2-18,32,34-35,37,41-42H,19-25H2,1H3,(H2,39,40,44). The van der Waals surface area contributed by atoms with Crippen molar-refractivity contribution in [1.29, 1.82) is 0 Å². The van der Waals surface area contributed by atoms with Crippen molar-refractivity contribution in [3.8, 4) is 11.1 Å². The Bertz CT molecular complexity index is 1600. The molecule has 48 heavy (non-hydrogen) atoms. The quantitative estimate of drug-likeness (QED) is 0.0995. The number of nitrogens with one attached hydrogen (secondary N) is 2. The van der Waals surface area contributed by atoms with E-state index < -0.39 is 24.3 Å². The zero-order valence-corrected chi connectivity index (χ0v) is 27.7. The van der Waals surface area contributed by atoms with Crippen LogP contribution in [0, 0.1) is 0 Å². The molecule has 0 aliphatic carbocycles. The maximum absolute atomic E-state index is 12.9. The Balaban J connectivity index is 1.26. The number of rotatable bonds is 14. The van der Waals surface area contributed by atoms with Crippen molar-refractivity contribution in [3.05, 3.63) is 131 Å². The van der Waals surface area contributed by atoms with Crippen molar-refractivity contribution in [2.45, 2.75) is 50.5 Å². The number of urea groups is 1. The maximum Gasteiger partial charge on any atom is 0.328 e. The Morgan fingerprint density at radius 3 is 2.29 bits per heavy atom. The smallest absolute Gasteiger partial charge is 0.328 e. The summed E-state index contributed by atoms with van der Waals surface area (Å²) in [6.07, 6.45) is 0.185. The lowest BCUT2D eigenvalue weighted by Gasteiger charge is -2.36. The molecule has 4 aromatic rings. The predicted molar refractivity (Wildman–Crippen MR) is 186 cm³/mol. The summed E-state index contributed by atoms with van der Waals surface area (Å²) < 4.78 is 17.8. The van der Waals surface area contributed by atoms with E-state index in [2.05, 4.69) is 10.6 Å². The molecule has 10 heteroatoms. The van der Waals surface area contributed by atoms with E-state index in [-0.39, 0.29) is 32.0 Å². The molecular weight excluding hydrogens is 628 g/mol. The number of hydrogen-bond donors (Lipinski definition) is 4. The maximum atomic E-state index is 12.9. The van der Waals surface area contributed by atoms with Gasteiger partial charge in [0.05, 0.1) is 32.5 Å². The number of aliphatic hydroxyl groups excluding tert-OH is 2. The highest BCUT2D eigenvalue weighted by Gasteiger charge is 2.32. The fraction of sp³-hybridized carbons (Fsp3) is 0.316. The number of ether oxygens (including phenoxy) is 3. The number of thioether (sulfide) groups is 1. The summed E-state index contributed by atoms with van der Waals surface area (Å²) in [5.74, 6) is 0.872. The molecule has 1 saturated heterocycles. The molecule has 0 spiro atoms. The SMILES string of the molecule is COC(=O)C(Cc1ccccc1)NC(=O)NCc1ccccc1-c1ccc(C2OC(CSCCO)CC(c3ccc(CO)cc3)O2)cc1. The summed E-state index contributed by atoms with van der Waals surface area (Å²) >= 11 is 1.65. The zero-order valence-electron chi connectivity index (χ0n) is 26.9. The molecule has 0 radical (unpaired) electrons. The molecule has 5 rings (SSSR count). The average molecular weight is 671 g/mol. The minimum absolute atomic E-state index is 0.0126. The van der Waals surface area contributed by atoms with Gasteiger partial charge in [-0.3, -0.25) is 0 Å². The van der Waals surface area contributed by atoms with Gasteiger partial charge in [-0.15, -0.1) is 0 Å². The van der Waals surface area contributed by atoms with Gasteiger partial charge >= 0.3 is 12.0 Å². The van der Waals surface area contributed by atoms with Crippen LogP contribution in [0.5, 0.6) is 0 Å². The van der Waals surface area contributed by atoms with Crippen LogP contribution >= 0.6 is 11.8 Å². The van der Waals surface area contributed by atoms with Crippen LogP contribution in [0.25, 0.3) is 11.1 Å². The normalized spacial score (nSPS) is 18.1. The van der Waals surface area contributed by atoms with E-state index in [0.717, 1.165) is 44.7 Å². The first-order valence-corrected chi connectivity index (χ1v) is 17.2. The molecule has 0 bridgehead atoms. The molecule has 4 atom stereocenters. The molecule has 1 aliphatic rings. The lowest BCUT2D eigenvalue weighted by atomic mass is 9.98. The molecular formula is C38H42N2O7S. The molecule has 9 nitrogen and oxygen atoms in total. The van der Waals surface area contributed by atoms with Gasteiger partial charge in [-0.1, -0.05) is 103 Å². The lowest BCUT2D eigenvalue weighted by molar-refractivity contribution is -0.245. The first-order chi connectivity index (χ1) is 23.5. The second kappa shape index (κ2) is 17.8. The molecule has 1 aliphatic heterocycles. The van der Waals surface area contributed by atoms with Crippen molar-refractivity contribution in [1.82, 2.24) is 10.6 Å². The highest BCUT2D eigenvalue weighted by molar-refractivity contribution is 7.99. The number of aliphatic hydroxyl groups is 2. The van der Waals surface area contributed by atoms with Crippen LogP contribution in [-0.2, 0) is 38.6 Å². The van der Waals surface area contributed by atoms with Crippen LogP contribution in [-0.4, -0.2) is 59.6 Å². The fourth-order valence-electron chi connectivity index (χ4n) is 5.65. The second-order valence-electron chi connectivity index (χ2n) is 11.5. The second-order valence-corrected chi connectivity index (χ2v) is 12.7. The number of carbonyl (C=O) groups is 2. The lowest BCUT2D eigenvalue weighted by Crippen LogP contribution is -2.47. The van der Waals surface area contributed by atoms with Crippen molar-refractivity contribution in [2.24, 2.45) is 0 Å². The number of benzene rings is 4. The molecule has 252 valence electrons. The van der Waals surface area contributed by atoms with Crippen molar-refractivity contribution in [3.63, 3.8) is 0 Å². The van der Waals surface area contributed by atoms with Gasteiger partial charge in [0.2, 0.25) is 0 Å². The number of carbonyl (C=O) groups excluding carboxylic acids is 2. The highest BCUT2D eigenvalue weighted by atomic mass is 32.2. The Labute approximate surface area is 285 Å². The van der Waals surface area contributed by atoms with Gasteiger partial charge in [0.25, 0.3) is 0 Å². The molecule has 1 fully saturated rings. The van der Waals surface area contributed by atoms with E-state index in [1.807, 2.05) is 103 Å². The molecule has 0 saturated carbocycles. The average Bonchev–Trinajstić information content (AvgIpc) is 3.14. The number of methoxy groups -OCH3 is 1. The van der Waals surface area contributed by atoms with E-state index in [9.17, 15) is 19.8 Å². The van der Waals surface area contributed by atoms with E-state index >= 15 is 0 Å². The van der Waals surface area contributed by atoms with Gasteiger partial charge in [0, 0.05) is 36.5 Å². The van der Waals surface area contributed by atoms with Crippen LogP contribution in [0.1, 0.15) is 46.6 Å². The third-order valence-electron chi connectivity index (χ3n) is 8.18. The highest BCUT2D eigenvalue weighted by Crippen LogP contribution is 2.39. The number of hydrogen-bond acceptors (Lipinski definition) is 8. The Kier molecular flexibility index (Phi) is 13.0. The minimum Gasteiger partial charge on any atom is -0.467 e. The summed E-state index contributed by atoms with van der Waals surface area (Å²) in [6, 6.07) is 31.8. The van der Waals surface area contributed by atoms with Gasteiger partial charge in [-0.25, -0.2) is 9.59 Å². The molecule has 1 heterocycles. The predicted octanol–water partition coefficient (Wildman–Crippen LogP) is 5.70. The Hall–Kier alpha value is -4.19. The minimum atomic E-state index is -0.822. The van der Waals surface area contributed by atoms with Gasteiger partial charge in [-0.2, -0.15) is 11.8 Å². The molecule has 4 unspecified atom stereocenters. The third kappa shape index (κ3) is 9.68. The van der Waals surface area contributed by atoms with Crippen molar-refractivity contribution >= 4 is 23.8 Å². The first-order valence-electron chi connectivity index (χ1n) is 16.0. The van der Waals surface area contributed by atoms with E-state index in [4.69, 9.17) is 14.2 Å². The summed E-state index contributed by atoms with van der Waals surface area (Å²) in [6.45, 7) is 0.359. The monoisotopic (exact) mass is 670 g/mol. The van der Waals surface area contributed by atoms with Gasteiger partial charge < -0.3 is 35.1 Å². The third-order valence-corrected chi connectivity index (χ3v) is 9.26. The molecule has 2 amide bonds. The van der Waals surface area contributed by atoms with E-state index in [1.54, 1.807) is 11.8 Å². The van der Waals surface area contributed by atoms with Crippen LogP contribution in [0.15, 0.2) is 103 Å². The summed E-state index contributed by atoms with van der Waals surface area (Å²) in [5, 5.41) is 24.4. The van der Waals surface area contributed by atoms with E-state index in [0.29, 0.717) is 18.6 Å². The van der Waals surface area contributed by atoms with Crippen LogP contribution in [0.4, 0.5) is 4.79 Å². The molecule has 4 aromatic carbocycles. The largest absolute Gasteiger partial charge is 0.467 e. The zero-order chi connectivity index (χ0) is 33.7. The topological polar surface area (TPSA) is 126 Å². The molecule has 4 N–H and O–H groups in total. The number of esters is 1. The van der Waals surface area contributed by atoms with Crippen molar-refractivity contribution < 1.29 is 34.0 Å². The van der Waals surface area contributed by atoms with Crippen LogP contribution < -0.4 is 10.6 Å². The van der Waals surface area contributed by atoms with Crippen LogP contribution in [0.2, 0.25) is 0 Å². The summed E-state index contributed by atoms with van der Waals surface area (Å²) in [4.78, 5) is 25.3. The van der Waals surface area contributed by atoms with Crippen LogP contribution in [0.3, 0.4) is 0 Å². The van der Waals surface area contributed by atoms with Gasteiger partial charge in [0.15, 0.2) is 6.29 Å². The Morgan fingerprint density at radius 2 is 1.58 bits per heavy atom. The summed E-state index contributed by atoms with van der Waals surface area (Å²) in [7, 11) is 1.31. The van der Waals surface area contributed by atoms with Gasteiger partial charge in [-0.05, 0) is 33.4 Å². The summed E-state index contributed by atoms with van der Waals surface area (Å²) in [5.41, 5.74) is 6.51. The van der Waals surface area contributed by atoms with Gasteiger partial charge in [0.1, 0.15) is 6.04 Å². The first kappa shape index (κ1) is 35.1. The molecule has 0 aromatic heterocycles. The van der Waals surface area contributed by atoms with E-state index in [1.165, 1.54) is 7.11 Å². The number of amides is 2. The van der Waals surface area contributed by atoms with Crippen molar-refractivity contribution in [2.75, 3.05) is 25.2 Å². The Morgan fingerprint density at radius 1 is 0.875 bits per heavy atom. The fourth-order valence-corrected chi connectivity index (χ4v) is 6.42.